The highest BCUT2D eigenvalue weighted by Crippen LogP contribution is 2.49. The van der Waals surface area contributed by atoms with E-state index in [0.29, 0.717) is 29.2 Å². The molecule has 33 heavy (non-hydrogen) atoms. The van der Waals surface area contributed by atoms with Crippen LogP contribution in [0, 0.1) is 5.92 Å². The number of hydrogen-bond donors (Lipinski definition) is 2. The fourth-order valence-corrected chi connectivity index (χ4v) is 4.79. The summed E-state index contributed by atoms with van der Waals surface area (Å²) in [6.07, 6.45) is 5.27. The number of rotatable bonds is 7. The fourth-order valence-electron chi connectivity index (χ4n) is 4.79. The van der Waals surface area contributed by atoms with Crippen LogP contribution in [0.4, 0.5) is 11.4 Å². The molecule has 7 nitrogen and oxygen atoms in total. The van der Waals surface area contributed by atoms with Crippen LogP contribution in [0.5, 0.6) is 5.75 Å². The second-order valence-electron chi connectivity index (χ2n) is 8.61. The number of para-hydroxylation sites is 1. The summed E-state index contributed by atoms with van der Waals surface area (Å²) in [6, 6.07) is 14.3. The van der Waals surface area contributed by atoms with E-state index in [0.717, 1.165) is 12.8 Å². The van der Waals surface area contributed by atoms with Crippen LogP contribution in [-0.4, -0.2) is 53.2 Å². The molecule has 2 aromatic rings. The molecule has 7 heteroatoms. The van der Waals surface area contributed by atoms with Crippen LogP contribution in [-0.2, 0) is 15.2 Å². The molecule has 1 fully saturated rings. The Morgan fingerprint density at radius 3 is 2.73 bits per heavy atom. The standard InChI is InChI=1S/C26H30N2O5/c1-18(8-6-12-24(30)27-15-7-11-20(27)17-29)26(32)22-16-21(33-2)13-14-23(22)28(25(26)31)19-9-4-3-5-10-19/h3-6,8-10,13-14,16,18,20,29,32H,7,11-12,15,17H2,1-2H3/b8-6+/t18-,20+,26+/m1/s1. The number of amides is 2. The van der Waals surface area contributed by atoms with E-state index in [1.165, 1.54) is 4.90 Å². The third-order valence-electron chi connectivity index (χ3n) is 6.68. The van der Waals surface area contributed by atoms with Gasteiger partial charge in [-0.3, -0.25) is 14.5 Å². The number of methoxy groups -OCH3 is 1. The van der Waals surface area contributed by atoms with Gasteiger partial charge in [0.1, 0.15) is 5.75 Å². The van der Waals surface area contributed by atoms with Crippen LogP contribution in [0.1, 0.15) is 31.7 Å². The summed E-state index contributed by atoms with van der Waals surface area (Å²) in [7, 11) is 1.54. The minimum absolute atomic E-state index is 0.0337. The fraction of sp³-hybridized carbons (Fsp3) is 0.385. The average Bonchev–Trinajstić information content (AvgIpc) is 3.41. The van der Waals surface area contributed by atoms with Crippen molar-refractivity contribution in [3.63, 3.8) is 0 Å². The van der Waals surface area contributed by atoms with Crippen LogP contribution in [0.15, 0.2) is 60.7 Å². The second kappa shape index (κ2) is 9.37. The minimum atomic E-state index is -1.81. The van der Waals surface area contributed by atoms with E-state index < -0.39 is 17.4 Å². The van der Waals surface area contributed by atoms with Crippen LogP contribution in [0.3, 0.4) is 0 Å². The molecule has 0 unspecified atom stereocenters. The van der Waals surface area contributed by atoms with E-state index in [1.807, 2.05) is 30.3 Å². The second-order valence-corrected chi connectivity index (χ2v) is 8.61. The molecule has 4 rings (SSSR count). The van der Waals surface area contributed by atoms with Gasteiger partial charge >= 0.3 is 0 Å². The van der Waals surface area contributed by atoms with Crippen molar-refractivity contribution in [1.82, 2.24) is 4.90 Å². The smallest absolute Gasteiger partial charge is 0.268 e. The molecule has 1 saturated heterocycles. The molecule has 2 heterocycles. The van der Waals surface area contributed by atoms with Gasteiger partial charge in [-0.15, -0.1) is 0 Å². The van der Waals surface area contributed by atoms with Gasteiger partial charge in [0.25, 0.3) is 5.91 Å². The summed E-state index contributed by atoms with van der Waals surface area (Å²) >= 11 is 0. The molecule has 2 aliphatic heterocycles. The molecule has 0 aliphatic carbocycles. The third kappa shape index (κ3) is 4.03. The van der Waals surface area contributed by atoms with Crippen LogP contribution < -0.4 is 9.64 Å². The molecule has 2 aromatic carbocycles. The molecule has 0 spiro atoms. The number of aliphatic hydroxyl groups is 2. The van der Waals surface area contributed by atoms with Crippen molar-refractivity contribution in [3.8, 4) is 5.75 Å². The molecule has 3 atom stereocenters. The normalized spacial score (nSPS) is 23.3. The van der Waals surface area contributed by atoms with Gasteiger partial charge in [-0.25, -0.2) is 0 Å². The van der Waals surface area contributed by atoms with Gasteiger partial charge in [-0.05, 0) is 43.2 Å². The number of fused-ring (bicyclic) bond motifs is 1. The van der Waals surface area contributed by atoms with Crippen molar-refractivity contribution < 1.29 is 24.5 Å². The summed E-state index contributed by atoms with van der Waals surface area (Å²) in [6.45, 7) is 2.38. The highest BCUT2D eigenvalue weighted by molar-refractivity contribution is 6.12. The molecule has 0 aromatic heterocycles. The van der Waals surface area contributed by atoms with Crippen LogP contribution in [0.2, 0.25) is 0 Å². The Labute approximate surface area is 193 Å². The summed E-state index contributed by atoms with van der Waals surface area (Å²) in [5.41, 5.74) is -0.0615. The first-order chi connectivity index (χ1) is 15.9. The van der Waals surface area contributed by atoms with E-state index >= 15 is 0 Å². The minimum Gasteiger partial charge on any atom is -0.497 e. The Bertz CT molecular complexity index is 1050. The summed E-state index contributed by atoms with van der Waals surface area (Å²) in [4.78, 5) is 29.4. The number of aliphatic hydroxyl groups excluding tert-OH is 1. The Morgan fingerprint density at radius 2 is 2.03 bits per heavy atom. The van der Waals surface area contributed by atoms with Crippen molar-refractivity contribution in [2.45, 2.75) is 37.8 Å². The Morgan fingerprint density at radius 1 is 1.27 bits per heavy atom. The van der Waals surface area contributed by atoms with Crippen molar-refractivity contribution >= 4 is 23.2 Å². The van der Waals surface area contributed by atoms with E-state index in [1.54, 1.807) is 49.3 Å². The number of anilines is 2. The van der Waals surface area contributed by atoms with Gasteiger partial charge in [0, 0.05) is 30.1 Å². The number of carbonyl (C=O) groups excluding carboxylic acids is 2. The first-order valence-corrected chi connectivity index (χ1v) is 11.3. The number of likely N-dealkylation sites (tertiary alicyclic amines) is 1. The van der Waals surface area contributed by atoms with Gasteiger partial charge in [0.15, 0.2) is 5.60 Å². The molecule has 0 bridgehead atoms. The predicted molar refractivity (Wildman–Crippen MR) is 125 cm³/mol. The van der Waals surface area contributed by atoms with Crippen molar-refractivity contribution in [2.75, 3.05) is 25.2 Å². The lowest BCUT2D eigenvalue weighted by molar-refractivity contribution is -0.138. The molecule has 0 radical (unpaired) electrons. The molecule has 2 aliphatic rings. The van der Waals surface area contributed by atoms with Crippen LogP contribution >= 0.6 is 0 Å². The highest BCUT2D eigenvalue weighted by atomic mass is 16.5. The zero-order valence-corrected chi connectivity index (χ0v) is 19.0. The Hall–Kier alpha value is -3.16. The molecule has 2 N–H and O–H groups in total. The molecular formula is C26H30N2O5. The largest absolute Gasteiger partial charge is 0.497 e. The zero-order valence-electron chi connectivity index (χ0n) is 19.0. The summed E-state index contributed by atoms with van der Waals surface area (Å²) in [5.74, 6) is -0.553. The molecular weight excluding hydrogens is 420 g/mol. The van der Waals surface area contributed by atoms with Crippen molar-refractivity contribution in [3.05, 3.63) is 66.2 Å². The maximum Gasteiger partial charge on any atom is 0.268 e. The van der Waals surface area contributed by atoms with E-state index in [9.17, 15) is 19.8 Å². The van der Waals surface area contributed by atoms with E-state index in [4.69, 9.17) is 4.74 Å². The topological polar surface area (TPSA) is 90.3 Å². The lowest BCUT2D eigenvalue weighted by atomic mass is 9.83. The predicted octanol–water partition coefficient (Wildman–Crippen LogP) is 3.13. The van der Waals surface area contributed by atoms with Gasteiger partial charge in [-0.2, -0.15) is 0 Å². The molecule has 0 saturated carbocycles. The van der Waals surface area contributed by atoms with Gasteiger partial charge in [-0.1, -0.05) is 37.3 Å². The monoisotopic (exact) mass is 450 g/mol. The molecule has 2 amide bonds. The Kier molecular flexibility index (Phi) is 6.54. The quantitative estimate of drug-likeness (QED) is 0.633. The van der Waals surface area contributed by atoms with Gasteiger partial charge in [0.05, 0.1) is 25.4 Å². The lowest BCUT2D eigenvalue weighted by Gasteiger charge is -2.28. The first kappa shape index (κ1) is 23.0. The number of ether oxygens (including phenoxy) is 1. The van der Waals surface area contributed by atoms with E-state index in [-0.39, 0.29) is 25.0 Å². The highest BCUT2D eigenvalue weighted by Gasteiger charge is 2.53. The van der Waals surface area contributed by atoms with Crippen molar-refractivity contribution in [1.29, 1.82) is 0 Å². The first-order valence-electron chi connectivity index (χ1n) is 11.3. The number of nitrogens with zero attached hydrogens (tertiary/aromatic N) is 2. The zero-order chi connectivity index (χ0) is 23.6. The van der Waals surface area contributed by atoms with Gasteiger partial charge < -0.3 is 19.8 Å². The number of hydrogen-bond acceptors (Lipinski definition) is 5. The maximum absolute atomic E-state index is 13.6. The molecule has 174 valence electrons. The average molecular weight is 451 g/mol. The van der Waals surface area contributed by atoms with E-state index in [2.05, 4.69) is 0 Å². The SMILES string of the molecule is COc1ccc2c(c1)[C@@](O)([C@H](C)/C=C/CC(=O)N1CCC[C@H]1CO)C(=O)N2c1ccccc1. The summed E-state index contributed by atoms with van der Waals surface area (Å²) < 4.78 is 5.35. The third-order valence-corrected chi connectivity index (χ3v) is 6.68. The van der Waals surface area contributed by atoms with Crippen molar-refractivity contribution in [2.24, 2.45) is 5.92 Å². The maximum atomic E-state index is 13.6. The summed E-state index contributed by atoms with van der Waals surface area (Å²) in [5, 5.41) is 21.2. The van der Waals surface area contributed by atoms with Crippen LogP contribution in [0.25, 0.3) is 0 Å². The lowest BCUT2D eigenvalue weighted by Crippen LogP contribution is -2.42. The Balaban J connectivity index is 1.61. The van der Waals surface area contributed by atoms with Gasteiger partial charge in [0.2, 0.25) is 5.91 Å². The number of benzene rings is 2. The number of carbonyl (C=O) groups is 2.